The lowest BCUT2D eigenvalue weighted by Crippen LogP contribution is -1.99. The first-order valence-electron chi connectivity index (χ1n) is 5.03. The molecule has 1 aromatic carbocycles. The van der Waals surface area contributed by atoms with E-state index in [4.69, 9.17) is 11.6 Å². The molecular formula is C12H11ClN2O. The Hall–Kier alpha value is -1.61. The number of rotatable bonds is 3. The lowest BCUT2D eigenvalue weighted by Gasteiger charge is -2.06. The van der Waals surface area contributed by atoms with Crippen LogP contribution in [0, 0.1) is 0 Å². The molecule has 0 aliphatic carbocycles. The summed E-state index contributed by atoms with van der Waals surface area (Å²) in [5, 5.41) is 4.80. The standard InChI is InChI=1S/C12H11ClN2O/c1-2-15-12(10(8-16)7-14-15)9-4-3-5-11(13)6-9/h3-8H,2H2,1H3. The van der Waals surface area contributed by atoms with Gasteiger partial charge in [-0.05, 0) is 19.1 Å². The number of aryl methyl sites for hydroxylation is 1. The Morgan fingerprint density at radius 3 is 2.94 bits per heavy atom. The highest BCUT2D eigenvalue weighted by Gasteiger charge is 2.11. The second-order valence-corrected chi connectivity index (χ2v) is 3.83. The number of halogens is 1. The van der Waals surface area contributed by atoms with E-state index in [0.29, 0.717) is 10.6 Å². The third-order valence-electron chi connectivity index (χ3n) is 2.39. The second kappa shape index (κ2) is 4.49. The number of benzene rings is 1. The number of carbonyl (C=O) groups is 1. The Balaban J connectivity index is 2.61. The molecule has 1 aromatic heterocycles. The van der Waals surface area contributed by atoms with Gasteiger partial charge in [0, 0.05) is 17.1 Å². The lowest BCUT2D eigenvalue weighted by molar-refractivity contribution is 0.112. The zero-order valence-corrected chi connectivity index (χ0v) is 9.61. The lowest BCUT2D eigenvalue weighted by atomic mass is 10.1. The average molecular weight is 235 g/mol. The Kier molecular flexibility index (Phi) is 3.06. The molecule has 82 valence electrons. The van der Waals surface area contributed by atoms with Gasteiger partial charge in [-0.1, -0.05) is 23.7 Å². The van der Waals surface area contributed by atoms with E-state index in [9.17, 15) is 4.79 Å². The van der Waals surface area contributed by atoms with Crippen LogP contribution in [0.25, 0.3) is 11.3 Å². The molecule has 3 nitrogen and oxygen atoms in total. The minimum Gasteiger partial charge on any atom is -0.298 e. The predicted octanol–water partition coefficient (Wildman–Crippen LogP) is 3.04. The molecule has 0 bridgehead atoms. The average Bonchev–Trinajstić information content (AvgIpc) is 2.71. The first kappa shape index (κ1) is 10.9. The molecule has 0 saturated carbocycles. The van der Waals surface area contributed by atoms with Crippen molar-refractivity contribution in [3.05, 3.63) is 41.0 Å². The van der Waals surface area contributed by atoms with Crippen molar-refractivity contribution in [3.63, 3.8) is 0 Å². The summed E-state index contributed by atoms with van der Waals surface area (Å²) in [6.07, 6.45) is 2.39. The molecule has 0 amide bonds. The van der Waals surface area contributed by atoms with Crippen molar-refractivity contribution in [2.75, 3.05) is 0 Å². The normalized spacial score (nSPS) is 10.4. The molecule has 4 heteroatoms. The maximum atomic E-state index is 10.9. The molecule has 0 aliphatic rings. The van der Waals surface area contributed by atoms with Crippen LogP contribution in [0.3, 0.4) is 0 Å². The second-order valence-electron chi connectivity index (χ2n) is 3.39. The molecule has 16 heavy (non-hydrogen) atoms. The topological polar surface area (TPSA) is 34.9 Å². The molecule has 0 saturated heterocycles. The maximum absolute atomic E-state index is 10.9. The van der Waals surface area contributed by atoms with Crippen molar-refractivity contribution in [1.82, 2.24) is 9.78 Å². The fourth-order valence-corrected chi connectivity index (χ4v) is 1.87. The van der Waals surface area contributed by atoms with Crippen LogP contribution in [0.2, 0.25) is 5.02 Å². The quantitative estimate of drug-likeness (QED) is 0.766. The number of carbonyl (C=O) groups excluding carboxylic acids is 1. The Labute approximate surface area is 98.7 Å². The van der Waals surface area contributed by atoms with E-state index in [1.807, 2.05) is 25.1 Å². The van der Waals surface area contributed by atoms with E-state index in [1.54, 1.807) is 16.9 Å². The first-order valence-corrected chi connectivity index (χ1v) is 5.41. The molecule has 0 N–H and O–H groups in total. The van der Waals surface area contributed by atoms with Gasteiger partial charge in [-0.15, -0.1) is 0 Å². The highest BCUT2D eigenvalue weighted by atomic mass is 35.5. The Morgan fingerprint density at radius 2 is 2.31 bits per heavy atom. The van der Waals surface area contributed by atoms with Crippen molar-refractivity contribution < 1.29 is 4.79 Å². The first-order chi connectivity index (χ1) is 7.76. The highest BCUT2D eigenvalue weighted by molar-refractivity contribution is 6.30. The molecule has 2 aromatic rings. The maximum Gasteiger partial charge on any atom is 0.153 e. The molecule has 0 atom stereocenters. The molecule has 0 radical (unpaired) electrons. The van der Waals surface area contributed by atoms with Crippen LogP contribution < -0.4 is 0 Å². The van der Waals surface area contributed by atoms with E-state index in [-0.39, 0.29) is 0 Å². The van der Waals surface area contributed by atoms with Crippen LogP contribution in [-0.2, 0) is 6.54 Å². The van der Waals surface area contributed by atoms with Gasteiger partial charge >= 0.3 is 0 Å². The third kappa shape index (κ3) is 1.86. The zero-order valence-electron chi connectivity index (χ0n) is 8.85. The Morgan fingerprint density at radius 1 is 1.50 bits per heavy atom. The van der Waals surface area contributed by atoms with Gasteiger partial charge in [0.15, 0.2) is 6.29 Å². The summed E-state index contributed by atoms with van der Waals surface area (Å²) in [4.78, 5) is 10.9. The number of hydrogen-bond acceptors (Lipinski definition) is 2. The smallest absolute Gasteiger partial charge is 0.153 e. The summed E-state index contributed by atoms with van der Waals surface area (Å²) in [6.45, 7) is 2.70. The van der Waals surface area contributed by atoms with Gasteiger partial charge in [-0.25, -0.2) is 0 Å². The third-order valence-corrected chi connectivity index (χ3v) is 2.63. The summed E-state index contributed by atoms with van der Waals surface area (Å²) in [7, 11) is 0. The number of aldehydes is 1. The predicted molar refractivity (Wildman–Crippen MR) is 63.7 cm³/mol. The molecule has 1 heterocycles. The van der Waals surface area contributed by atoms with Crippen molar-refractivity contribution in [1.29, 1.82) is 0 Å². The SMILES string of the molecule is CCn1ncc(C=O)c1-c1cccc(Cl)c1. The van der Waals surface area contributed by atoms with Crippen LogP contribution in [-0.4, -0.2) is 16.1 Å². The van der Waals surface area contributed by atoms with Gasteiger partial charge in [0.25, 0.3) is 0 Å². The van der Waals surface area contributed by atoms with Gasteiger partial charge in [-0.2, -0.15) is 5.10 Å². The van der Waals surface area contributed by atoms with E-state index >= 15 is 0 Å². The summed E-state index contributed by atoms with van der Waals surface area (Å²) >= 11 is 5.93. The van der Waals surface area contributed by atoms with Crippen LogP contribution in [0.4, 0.5) is 0 Å². The van der Waals surface area contributed by atoms with Gasteiger partial charge in [-0.3, -0.25) is 9.48 Å². The molecule has 0 spiro atoms. The van der Waals surface area contributed by atoms with E-state index in [1.165, 1.54) is 0 Å². The van der Waals surface area contributed by atoms with Gasteiger partial charge in [0.2, 0.25) is 0 Å². The molecule has 2 rings (SSSR count). The summed E-state index contributed by atoms with van der Waals surface area (Å²) < 4.78 is 1.79. The van der Waals surface area contributed by atoms with Crippen molar-refractivity contribution >= 4 is 17.9 Å². The molecule has 0 aliphatic heterocycles. The van der Waals surface area contributed by atoms with Crippen LogP contribution in [0.15, 0.2) is 30.5 Å². The minimum atomic E-state index is 0.587. The van der Waals surface area contributed by atoms with Crippen molar-refractivity contribution in [2.24, 2.45) is 0 Å². The fraction of sp³-hybridized carbons (Fsp3) is 0.167. The summed E-state index contributed by atoms with van der Waals surface area (Å²) in [5.74, 6) is 0. The number of aromatic nitrogens is 2. The van der Waals surface area contributed by atoms with Gasteiger partial charge in [0.05, 0.1) is 17.5 Å². The minimum absolute atomic E-state index is 0.587. The molecule has 0 unspecified atom stereocenters. The van der Waals surface area contributed by atoms with Crippen LogP contribution in [0.1, 0.15) is 17.3 Å². The summed E-state index contributed by atoms with van der Waals surface area (Å²) in [5.41, 5.74) is 2.32. The summed E-state index contributed by atoms with van der Waals surface area (Å²) in [6, 6.07) is 7.41. The highest BCUT2D eigenvalue weighted by Crippen LogP contribution is 2.25. The van der Waals surface area contributed by atoms with Crippen LogP contribution >= 0.6 is 11.6 Å². The largest absolute Gasteiger partial charge is 0.298 e. The Bertz CT molecular complexity index is 519. The van der Waals surface area contributed by atoms with Crippen molar-refractivity contribution in [3.8, 4) is 11.3 Å². The molecular weight excluding hydrogens is 224 g/mol. The monoisotopic (exact) mass is 234 g/mol. The van der Waals surface area contributed by atoms with Crippen LogP contribution in [0.5, 0.6) is 0 Å². The van der Waals surface area contributed by atoms with E-state index in [2.05, 4.69) is 5.10 Å². The van der Waals surface area contributed by atoms with Gasteiger partial charge < -0.3 is 0 Å². The number of nitrogens with zero attached hydrogens (tertiary/aromatic N) is 2. The van der Waals surface area contributed by atoms with Gasteiger partial charge in [0.1, 0.15) is 0 Å². The van der Waals surface area contributed by atoms with Crippen molar-refractivity contribution in [2.45, 2.75) is 13.5 Å². The fourth-order valence-electron chi connectivity index (χ4n) is 1.68. The zero-order chi connectivity index (χ0) is 11.5. The van der Waals surface area contributed by atoms with E-state index in [0.717, 1.165) is 24.1 Å². The molecule has 0 fully saturated rings. The van der Waals surface area contributed by atoms with E-state index < -0.39 is 0 Å². The number of hydrogen-bond donors (Lipinski definition) is 0.